The maximum atomic E-state index is 12.3. The molecule has 1 aromatic rings. The second kappa shape index (κ2) is 4.84. The van der Waals surface area contributed by atoms with Gasteiger partial charge in [0, 0.05) is 0 Å². The Morgan fingerprint density at radius 1 is 1.16 bits per heavy atom. The number of para-hydroxylation sites is 1. The third-order valence-electron chi connectivity index (χ3n) is 4.55. The van der Waals surface area contributed by atoms with Crippen LogP contribution in [0.1, 0.15) is 43.5 Å². The Morgan fingerprint density at radius 3 is 2.53 bits per heavy atom. The van der Waals surface area contributed by atoms with Gasteiger partial charge in [0.1, 0.15) is 5.75 Å². The Bertz CT molecular complexity index is 520. The minimum atomic E-state index is 0.0422. The van der Waals surface area contributed by atoms with E-state index in [2.05, 4.69) is 19.9 Å². The van der Waals surface area contributed by atoms with E-state index in [0.717, 1.165) is 0 Å². The van der Waals surface area contributed by atoms with Crippen molar-refractivity contribution in [1.29, 1.82) is 0 Å². The fourth-order valence-corrected chi connectivity index (χ4v) is 3.36. The monoisotopic (exact) mass is 256 g/mol. The zero-order chi connectivity index (χ0) is 13.4. The molecule has 1 aliphatic carbocycles. The van der Waals surface area contributed by atoms with E-state index in [1.165, 1.54) is 19.3 Å². The summed E-state index contributed by atoms with van der Waals surface area (Å²) < 4.78 is 5.73. The Kier molecular flexibility index (Phi) is 3.17. The summed E-state index contributed by atoms with van der Waals surface area (Å²) >= 11 is 0. The van der Waals surface area contributed by atoms with Gasteiger partial charge in [-0.2, -0.15) is 0 Å². The standard InChI is InChI=1S/C17H20O2/c1-11-6-5-7-12(2)14(11)10-16-17(18)13-8-3-4-9-15(13)19-16/h3-4,8-12,14H,5-7H2,1-2H3/b16-10-/t11-,12?,14?/m1/s1. The number of allylic oxidation sites excluding steroid dienone is 2. The first kappa shape index (κ1) is 12.5. The first-order valence-electron chi connectivity index (χ1n) is 7.20. The van der Waals surface area contributed by atoms with Crippen molar-refractivity contribution < 1.29 is 9.53 Å². The molecule has 2 aliphatic rings. The molecule has 2 heteroatoms. The normalized spacial score (nSPS) is 32.2. The molecule has 1 aliphatic heterocycles. The molecule has 3 rings (SSSR count). The molecule has 3 atom stereocenters. The largest absolute Gasteiger partial charge is 0.453 e. The molecule has 1 fully saturated rings. The van der Waals surface area contributed by atoms with Crippen LogP contribution in [0.2, 0.25) is 0 Å². The van der Waals surface area contributed by atoms with Crippen LogP contribution in [0, 0.1) is 17.8 Å². The van der Waals surface area contributed by atoms with E-state index in [4.69, 9.17) is 4.74 Å². The van der Waals surface area contributed by atoms with Crippen molar-refractivity contribution in [2.24, 2.45) is 17.8 Å². The molecule has 19 heavy (non-hydrogen) atoms. The Hall–Kier alpha value is -1.57. The summed E-state index contributed by atoms with van der Waals surface area (Å²) in [5.41, 5.74) is 0.699. The van der Waals surface area contributed by atoms with Crippen LogP contribution >= 0.6 is 0 Å². The summed E-state index contributed by atoms with van der Waals surface area (Å²) in [6, 6.07) is 7.49. The van der Waals surface area contributed by atoms with E-state index in [1.54, 1.807) is 0 Å². The fraction of sp³-hybridized carbons (Fsp3) is 0.471. The van der Waals surface area contributed by atoms with Gasteiger partial charge in [-0.1, -0.05) is 45.2 Å². The molecular formula is C17H20O2. The smallest absolute Gasteiger partial charge is 0.231 e. The van der Waals surface area contributed by atoms with Gasteiger partial charge in [-0.25, -0.2) is 0 Å². The molecular weight excluding hydrogens is 236 g/mol. The quantitative estimate of drug-likeness (QED) is 0.703. The zero-order valence-electron chi connectivity index (χ0n) is 11.6. The lowest BCUT2D eigenvalue weighted by molar-refractivity contribution is 0.101. The molecule has 2 nitrogen and oxygen atoms in total. The number of carbonyl (C=O) groups excluding carboxylic acids is 1. The van der Waals surface area contributed by atoms with Gasteiger partial charge in [-0.3, -0.25) is 4.79 Å². The van der Waals surface area contributed by atoms with E-state index in [1.807, 2.05) is 24.3 Å². The number of hydrogen-bond donors (Lipinski definition) is 0. The first-order valence-corrected chi connectivity index (χ1v) is 7.20. The topological polar surface area (TPSA) is 26.3 Å². The van der Waals surface area contributed by atoms with Gasteiger partial charge in [0.15, 0.2) is 5.76 Å². The minimum Gasteiger partial charge on any atom is -0.453 e. The number of hydrogen-bond acceptors (Lipinski definition) is 2. The lowest BCUT2D eigenvalue weighted by Crippen LogP contribution is -2.24. The molecule has 100 valence electrons. The van der Waals surface area contributed by atoms with Crippen LogP contribution in [0.3, 0.4) is 0 Å². The van der Waals surface area contributed by atoms with Gasteiger partial charge in [0.2, 0.25) is 5.78 Å². The summed E-state index contributed by atoms with van der Waals surface area (Å²) in [6.45, 7) is 4.56. The van der Waals surface area contributed by atoms with Crippen LogP contribution in [-0.4, -0.2) is 5.78 Å². The van der Waals surface area contributed by atoms with E-state index >= 15 is 0 Å². The summed E-state index contributed by atoms with van der Waals surface area (Å²) in [5.74, 6) is 3.01. The Balaban J connectivity index is 1.88. The minimum absolute atomic E-state index is 0.0422. The van der Waals surface area contributed by atoms with Crippen LogP contribution in [0.15, 0.2) is 36.1 Å². The molecule has 1 heterocycles. The first-order chi connectivity index (χ1) is 9.16. The molecule has 0 radical (unpaired) electrons. The highest BCUT2D eigenvalue weighted by atomic mass is 16.5. The molecule has 1 aromatic carbocycles. The number of ether oxygens (including phenoxy) is 1. The average Bonchev–Trinajstić information content (AvgIpc) is 2.72. The number of benzene rings is 1. The van der Waals surface area contributed by atoms with Crippen molar-refractivity contribution in [1.82, 2.24) is 0 Å². The Labute approximate surface area is 114 Å². The summed E-state index contributed by atoms with van der Waals surface area (Å²) in [6.07, 6.45) is 5.88. The van der Waals surface area contributed by atoms with E-state index in [-0.39, 0.29) is 5.78 Å². The van der Waals surface area contributed by atoms with Crippen molar-refractivity contribution >= 4 is 5.78 Å². The van der Waals surface area contributed by atoms with Gasteiger partial charge >= 0.3 is 0 Å². The van der Waals surface area contributed by atoms with Crippen LogP contribution in [0.25, 0.3) is 0 Å². The SMILES string of the molecule is CC1CCC[C@@H](C)C1/C=C1\Oc2ccccc2C1=O. The van der Waals surface area contributed by atoms with Crippen LogP contribution < -0.4 is 4.74 Å². The number of fused-ring (bicyclic) bond motifs is 1. The third kappa shape index (κ3) is 2.20. The van der Waals surface area contributed by atoms with E-state index in [0.29, 0.717) is 34.8 Å². The molecule has 0 N–H and O–H groups in total. The van der Waals surface area contributed by atoms with Gasteiger partial charge in [0.05, 0.1) is 5.56 Å². The van der Waals surface area contributed by atoms with Gasteiger partial charge in [0.25, 0.3) is 0 Å². The molecule has 0 bridgehead atoms. The van der Waals surface area contributed by atoms with E-state index < -0.39 is 0 Å². The van der Waals surface area contributed by atoms with Crippen molar-refractivity contribution in [3.63, 3.8) is 0 Å². The predicted octanol–water partition coefficient (Wildman–Crippen LogP) is 4.22. The Morgan fingerprint density at radius 2 is 1.84 bits per heavy atom. The van der Waals surface area contributed by atoms with Gasteiger partial charge in [-0.05, 0) is 36.0 Å². The van der Waals surface area contributed by atoms with Crippen LogP contribution in [0.4, 0.5) is 0 Å². The summed E-state index contributed by atoms with van der Waals surface area (Å²) in [4.78, 5) is 12.3. The van der Waals surface area contributed by atoms with Crippen LogP contribution in [-0.2, 0) is 0 Å². The van der Waals surface area contributed by atoms with Crippen molar-refractivity contribution in [3.8, 4) is 5.75 Å². The van der Waals surface area contributed by atoms with Gasteiger partial charge in [-0.15, -0.1) is 0 Å². The number of rotatable bonds is 1. The molecule has 0 saturated heterocycles. The highest BCUT2D eigenvalue weighted by Gasteiger charge is 2.31. The van der Waals surface area contributed by atoms with Crippen molar-refractivity contribution in [2.45, 2.75) is 33.1 Å². The van der Waals surface area contributed by atoms with Crippen molar-refractivity contribution in [3.05, 3.63) is 41.7 Å². The summed E-state index contributed by atoms with van der Waals surface area (Å²) in [7, 11) is 0. The predicted molar refractivity (Wildman–Crippen MR) is 75.2 cm³/mol. The second-order valence-corrected chi connectivity index (χ2v) is 5.92. The lowest BCUT2D eigenvalue weighted by Gasteiger charge is -2.32. The molecule has 0 spiro atoms. The maximum absolute atomic E-state index is 12.3. The highest BCUT2D eigenvalue weighted by molar-refractivity contribution is 6.12. The van der Waals surface area contributed by atoms with Gasteiger partial charge < -0.3 is 4.74 Å². The fourth-order valence-electron chi connectivity index (χ4n) is 3.36. The number of carbonyl (C=O) groups is 1. The molecule has 1 saturated carbocycles. The molecule has 0 amide bonds. The molecule has 2 unspecified atom stereocenters. The zero-order valence-corrected chi connectivity index (χ0v) is 11.6. The summed E-state index contributed by atoms with van der Waals surface area (Å²) in [5, 5.41) is 0. The van der Waals surface area contributed by atoms with Crippen LogP contribution in [0.5, 0.6) is 5.75 Å². The molecule has 0 aromatic heterocycles. The number of ketones is 1. The van der Waals surface area contributed by atoms with Crippen molar-refractivity contribution in [2.75, 3.05) is 0 Å². The second-order valence-electron chi connectivity index (χ2n) is 5.92. The highest BCUT2D eigenvalue weighted by Crippen LogP contribution is 2.38. The lowest BCUT2D eigenvalue weighted by atomic mass is 9.73. The third-order valence-corrected chi connectivity index (χ3v) is 4.55. The average molecular weight is 256 g/mol. The maximum Gasteiger partial charge on any atom is 0.231 e. The number of Topliss-reactive ketones (excluding diaryl/α,β-unsaturated/α-hetero) is 1. The van der Waals surface area contributed by atoms with E-state index in [9.17, 15) is 4.79 Å².